The smallest absolute Gasteiger partial charge is 0.234 e. The molecule has 0 bridgehead atoms. The van der Waals surface area contributed by atoms with E-state index in [0.29, 0.717) is 17.1 Å². The van der Waals surface area contributed by atoms with Crippen molar-refractivity contribution >= 4 is 17.5 Å². The molecule has 0 radical (unpaired) electrons. The number of benzene rings is 2. The molecule has 0 atom stereocenters. The van der Waals surface area contributed by atoms with Gasteiger partial charge in [0.2, 0.25) is 5.91 Å². The lowest BCUT2D eigenvalue weighted by Crippen LogP contribution is -2.34. The molecule has 0 aliphatic carbocycles. The van der Waals surface area contributed by atoms with Gasteiger partial charge in [0, 0.05) is 17.1 Å². The number of nitrogens with one attached hydrogen (secondary N) is 2. The van der Waals surface area contributed by atoms with Crippen LogP contribution in [0.4, 0.5) is 4.39 Å². The summed E-state index contributed by atoms with van der Waals surface area (Å²) in [4.78, 5) is 11.7. The predicted octanol–water partition coefficient (Wildman–Crippen LogP) is 2.93. The molecule has 2 aromatic rings. The van der Waals surface area contributed by atoms with Crippen molar-refractivity contribution in [2.24, 2.45) is 0 Å². The van der Waals surface area contributed by atoms with Crippen LogP contribution in [-0.4, -0.2) is 19.0 Å². The van der Waals surface area contributed by atoms with Gasteiger partial charge in [0.25, 0.3) is 0 Å². The SMILES string of the molecule is O=C(CNCCc1ccc(Cl)cc1)NCc1ccccc1F. The van der Waals surface area contributed by atoms with Crippen molar-refractivity contribution in [1.29, 1.82) is 0 Å². The van der Waals surface area contributed by atoms with Gasteiger partial charge in [0.1, 0.15) is 5.82 Å². The van der Waals surface area contributed by atoms with Crippen molar-refractivity contribution in [3.8, 4) is 0 Å². The second-order valence-electron chi connectivity index (χ2n) is 4.92. The number of amides is 1. The summed E-state index contributed by atoms with van der Waals surface area (Å²) in [6.45, 7) is 1.10. The first-order chi connectivity index (χ1) is 10.6. The Balaban J connectivity index is 1.64. The summed E-state index contributed by atoms with van der Waals surface area (Å²) < 4.78 is 13.4. The zero-order chi connectivity index (χ0) is 15.8. The summed E-state index contributed by atoms with van der Waals surface area (Å²) in [5, 5.41) is 6.46. The van der Waals surface area contributed by atoms with Crippen LogP contribution in [0.1, 0.15) is 11.1 Å². The second-order valence-corrected chi connectivity index (χ2v) is 5.36. The Morgan fingerprint density at radius 3 is 2.55 bits per heavy atom. The average molecular weight is 321 g/mol. The first-order valence-corrected chi connectivity index (χ1v) is 7.48. The van der Waals surface area contributed by atoms with E-state index in [0.717, 1.165) is 12.0 Å². The third kappa shape index (κ3) is 5.47. The van der Waals surface area contributed by atoms with Gasteiger partial charge in [-0.1, -0.05) is 41.9 Å². The fourth-order valence-corrected chi connectivity index (χ4v) is 2.11. The molecular formula is C17H18ClFN2O. The lowest BCUT2D eigenvalue weighted by atomic mass is 10.1. The van der Waals surface area contributed by atoms with Gasteiger partial charge >= 0.3 is 0 Å². The van der Waals surface area contributed by atoms with E-state index in [1.807, 2.05) is 24.3 Å². The Morgan fingerprint density at radius 1 is 1.09 bits per heavy atom. The van der Waals surface area contributed by atoms with E-state index in [9.17, 15) is 9.18 Å². The summed E-state index contributed by atoms with van der Waals surface area (Å²) >= 11 is 5.82. The predicted molar refractivity (Wildman–Crippen MR) is 86.3 cm³/mol. The molecule has 0 aliphatic heterocycles. The zero-order valence-corrected chi connectivity index (χ0v) is 12.9. The third-order valence-corrected chi connectivity index (χ3v) is 3.48. The van der Waals surface area contributed by atoms with Gasteiger partial charge in [-0.15, -0.1) is 0 Å². The van der Waals surface area contributed by atoms with Gasteiger partial charge in [-0.05, 0) is 36.7 Å². The minimum atomic E-state index is -0.307. The van der Waals surface area contributed by atoms with Crippen LogP contribution in [0, 0.1) is 5.82 Å². The number of rotatable bonds is 7. The highest BCUT2D eigenvalue weighted by Crippen LogP contribution is 2.09. The van der Waals surface area contributed by atoms with Crippen LogP contribution in [0.25, 0.3) is 0 Å². The molecule has 116 valence electrons. The minimum Gasteiger partial charge on any atom is -0.351 e. The number of halogens is 2. The molecule has 5 heteroatoms. The Kier molecular flexibility index (Phi) is 6.37. The summed E-state index contributed by atoms with van der Waals surface area (Å²) in [6.07, 6.45) is 0.817. The normalized spacial score (nSPS) is 10.5. The molecule has 0 unspecified atom stereocenters. The third-order valence-electron chi connectivity index (χ3n) is 3.22. The highest BCUT2D eigenvalue weighted by atomic mass is 35.5. The summed E-state index contributed by atoms with van der Waals surface area (Å²) in [5.41, 5.74) is 1.64. The van der Waals surface area contributed by atoms with Gasteiger partial charge in [0.05, 0.1) is 6.54 Å². The van der Waals surface area contributed by atoms with Crippen LogP contribution >= 0.6 is 11.6 Å². The fourth-order valence-electron chi connectivity index (χ4n) is 1.98. The molecule has 22 heavy (non-hydrogen) atoms. The zero-order valence-electron chi connectivity index (χ0n) is 12.1. The summed E-state index contributed by atoms with van der Waals surface area (Å²) in [5.74, 6) is -0.460. The Morgan fingerprint density at radius 2 is 1.82 bits per heavy atom. The molecule has 0 saturated heterocycles. The van der Waals surface area contributed by atoms with Crippen LogP contribution in [0.3, 0.4) is 0 Å². The highest BCUT2D eigenvalue weighted by Gasteiger charge is 2.04. The first-order valence-electron chi connectivity index (χ1n) is 7.10. The van der Waals surface area contributed by atoms with Crippen molar-refractivity contribution in [2.75, 3.05) is 13.1 Å². The molecule has 0 saturated carbocycles. The van der Waals surface area contributed by atoms with Crippen molar-refractivity contribution < 1.29 is 9.18 Å². The first kappa shape index (κ1) is 16.5. The summed E-state index contributed by atoms with van der Waals surface area (Å²) in [7, 11) is 0. The van der Waals surface area contributed by atoms with E-state index in [1.165, 1.54) is 6.07 Å². The fraction of sp³-hybridized carbons (Fsp3) is 0.235. The quantitative estimate of drug-likeness (QED) is 0.770. The highest BCUT2D eigenvalue weighted by molar-refractivity contribution is 6.30. The van der Waals surface area contributed by atoms with E-state index in [2.05, 4.69) is 10.6 Å². The maximum atomic E-state index is 13.4. The second kappa shape index (κ2) is 8.51. The standard InChI is InChI=1S/C17H18ClFN2O/c18-15-7-5-13(6-8-15)9-10-20-12-17(22)21-11-14-3-1-2-4-16(14)19/h1-8,20H,9-12H2,(H,21,22). The van der Waals surface area contributed by atoms with Crippen molar-refractivity contribution in [2.45, 2.75) is 13.0 Å². The maximum Gasteiger partial charge on any atom is 0.234 e. The molecule has 3 nitrogen and oxygen atoms in total. The average Bonchev–Trinajstić information content (AvgIpc) is 2.52. The molecule has 0 heterocycles. The van der Waals surface area contributed by atoms with Gasteiger partial charge in [-0.2, -0.15) is 0 Å². The monoisotopic (exact) mass is 320 g/mol. The number of hydrogen-bond acceptors (Lipinski definition) is 2. The van der Waals surface area contributed by atoms with E-state index in [4.69, 9.17) is 11.6 Å². The van der Waals surface area contributed by atoms with Crippen LogP contribution in [0.5, 0.6) is 0 Å². The lowest BCUT2D eigenvalue weighted by molar-refractivity contribution is -0.120. The van der Waals surface area contributed by atoms with Gasteiger partial charge < -0.3 is 10.6 Å². The van der Waals surface area contributed by atoms with Gasteiger partial charge in [-0.3, -0.25) is 4.79 Å². The van der Waals surface area contributed by atoms with Crippen LogP contribution < -0.4 is 10.6 Å². The molecule has 0 aromatic heterocycles. The van der Waals surface area contributed by atoms with Crippen molar-refractivity contribution in [1.82, 2.24) is 10.6 Å². The molecule has 0 aliphatic rings. The number of hydrogen-bond donors (Lipinski definition) is 2. The topological polar surface area (TPSA) is 41.1 Å². The van der Waals surface area contributed by atoms with Crippen LogP contribution in [0.2, 0.25) is 5.02 Å². The molecule has 2 rings (SSSR count). The van der Waals surface area contributed by atoms with Gasteiger partial charge in [-0.25, -0.2) is 4.39 Å². The van der Waals surface area contributed by atoms with Gasteiger partial charge in [0.15, 0.2) is 0 Å². The molecule has 2 N–H and O–H groups in total. The largest absolute Gasteiger partial charge is 0.351 e. The molecule has 1 amide bonds. The van der Waals surface area contributed by atoms with Crippen molar-refractivity contribution in [3.63, 3.8) is 0 Å². The van der Waals surface area contributed by atoms with E-state index >= 15 is 0 Å². The van der Waals surface area contributed by atoms with E-state index in [1.54, 1.807) is 18.2 Å². The van der Waals surface area contributed by atoms with E-state index < -0.39 is 0 Å². The minimum absolute atomic E-state index is 0.153. The Bertz CT molecular complexity index is 616. The summed E-state index contributed by atoms with van der Waals surface area (Å²) in [6, 6.07) is 14.0. The maximum absolute atomic E-state index is 13.4. The molecule has 2 aromatic carbocycles. The van der Waals surface area contributed by atoms with Crippen molar-refractivity contribution in [3.05, 3.63) is 70.5 Å². The number of carbonyl (C=O) groups is 1. The lowest BCUT2D eigenvalue weighted by Gasteiger charge is -2.07. The molecular weight excluding hydrogens is 303 g/mol. The Hall–Kier alpha value is -1.91. The Labute approximate surface area is 134 Å². The van der Waals surface area contributed by atoms with Crippen LogP contribution in [0.15, 0.2) is 48.5 Å². The number of carbonyl (C=O) groups excluding carboxylic acids is 1. The van der Waals surface area contributed by atoms with E-state index in [-0.39, 0.29) is 24.8 Å². The molecule has 0 fully saturated rings. The molecule has 0 spiro atoms. The van der Waals surface area contributed by atoms with Crippen LogP contribution in [-0.2, 0) is 17.8 Å².